The van der Waals surface area contributed by atoms with Gasteiger partial charge in [0.05, 0.1) is 6.54 Å². The highest BCUT2D eigenvalue weighted by Crippen LogP contribution is 2.24. The lowest BCUT2D eigenvalue weighted by Gasteiger charge is -2.28. The number of benzene rings is 1. The molecule has 0 bridgehead atoms. The summed E-state index contributed by atoms with van der Waals surface area (Å²) in [6.45, 7) is 0.109. The monoisotopic (exact) mass is 369 g/mol. The molecule has 2 aromatic heterocycles. The van der Waals surface area contributed by atoms with Crippen molar-refractivity contribution in [2.45, 2.75) is 12.6 Å². The van der Waals surface area contributed by atoms with Crippen molar-refractivity contribution in [1.29, 1.82) is 0 Å². The molecule has 7 nitrogen and oxygen atoms in total. The van der Waals surface area contributed by atoms with Crippen LogP contribution in [0.5, 0.6) is 0 Å². The van der Waals surface area contributed by atoms with Gasteiger partial charge >= 0.3 is 0 Å². The molecule has 1 aromatic carbocycles. The van der Waals surface area contributed by atoms with Crippen LogP contribution in [0.2, 0.25) is 0 Å². The van der Waals surface area contributed by atoms with Crippen molar-refractivity contribution in [3.05, 3.63) is 65.9 Å². The van der Waals surface area contributed by atoms with Gasteiger partial charge in [-0.1, -0.05) is 29.4 Å². The second-order valence-corrected chi connectivity index (χ2v) is 6.31. The van der Waals surface area contributed by atoms with Crippen LogP contribution in [-0.4, -0.2) is 52.0 Å². The normalized spacial score (nSPS) is 12.2. The summed E-state index contributed by atoms with van der Waals surface area (Å²) < 4.78 is 19.4. The molecule has 2 heterocycles. The highest BCUT2D eigenvalue weighted by molar-refractivity contribution is 5.83. The molecule has 3 aromatic rings. The average molecular weight is 369 g/mol. The van der Waals surface area contributed by atoms with Gasteiger partial charge in [-0.15, -0.1) is 0 Å². The summed E-state index contributed by atoms with van der Waals surface area (Å²) in [6, 6.07) is 10.9. The molecule has 0 radical (unpaired) electrons. The van der Waals surface area contributed by atoms with E-state index in [1.54, 1.807) is 62.6 Å². The average Bonchev–Trinajstić information content (AvgIpc) is 3.12. The van der Waals surface area contributed by atoms with Crippen LogP contribution >= 0.6 is 0 Å². The maximum absolute atomic E-state index is 14.2. The predicted octanol–water partition coefficient (Wildman–Crippen LogP) is 2.53. The van der Waals surface area contributed by atoms with Gasteiger partial charge in [-0.05, 0) is 32.3 Å². The Bertz CT molecular complexity index is 913. The first-order valence-corrected chi connectivity index (χ1v) is 8.37. The molecule has 0 aliphatic heterocycles. The van der Waals surface area contributed by atoms with Crippen molar-refractivity contribution >= 4 is 5.91 Å². The van der Waals surface area contributed by atoms with Gasteiger partial charge in [0.1, 0.15) is 17.6 Å². The van der Waals surface area contributed by atoms with Crippen molar-refractivity contribution < 1.29 is 13.7 Å². The van der Waals surface area contributed by atoms with E-state index in [1.165, 1.54) is 11.0 Å². The number of rotatable bonds is 6. The Hall–Kier alpha value is -3.13. The lowest BCUT2D eigenvalue weighted by Crippen LogP contribution is -2.38. The van der Waals surface area contributed by atoms with Gasteiger partial charge in [-0.3, -0.25) is 14.7 Å². The van der Waals surface area contributed by atoms with E-state index < -0.39 is 11.9 Å². The van der Waals surface area contributed by atoms with E-state index >= 15 is 0 Å². The first-order valence-electron chi connectivity index (χ1n) is 8.37. The third kappa shape index (κ3) is 4.17. The molecule has 27 heavy (non-hydrogen) atoms. The molecule has 0 saturated carbocycles. The zero-order valence-corrected chi connectivity index (χ0v) is 15.3. The standard InChI is InChI=1S/C19H20FN5O2/c1-24(2)17(13-8-4-5-9-14(13)20)19(26)25(3)12-16-22-18(23-27-16)15-10-6-7-11-21-15/h4-11,17H,12H2,1-3H3/t17-/m0/s1. The van der Waals surface area contributed by atoms with Crippen LogP contribution in [0.25, 0.3) is 11.5 Å². The smallest absolute Gasteiger partial charge is 0.246 e. The Balaban J connectivity index is 1.77. The van der Waals surface area contributed by atoms with E-state index in [4.69, 9.17) is 4.52 Å². The van der Waals surface area contributed by atoms with Gasteiger partial charge in [0, 0.05) is 18.8 Å². The summed E-state index contributed by atoms with van der Waals surface area (Å²) in [4.78, 5) is 24.5. The zero-order valence-electron chi connectivity index (χ0n) is 15.3. The highest BCUT2D eigenvalue weighted by atomic mass is 19.1. The van der Waals surface area contributed by atoms with Crippen LogP contribution in [0.1, 0.15) is 17.5 Å². The number of halogens is 1. The molecule has 0 unspecified atom stereocenters. The molecule has 0 N–H and O–H groups in total. The van der Waals surface area contributed by atoms with Crippen molar-refractivity contribution in [1.82, 2.24) is 24.9 Å². The van der Waals surface area contributed by atoms with Crippen molar-refractivity contribution in [2.75, 3.05) is 21.1 Å². The molecule has 1 atom stereocenters. The number of carbonyl (C=O) groups is 1. The summed E-state index contributed by atoms with van der Waals surface area (Å²) in [5.41, 5.74) is 0.901. The zero-order chi connectivity index (χ0) is 19.4. The highest BCUT2D eigenvalue weighted by Gasteiger charge is 2.29. The van der Waals surface area contributed by atoms with Crippen LogP contribution in [0, 0.1) is 5.82 Å². The maximum Gasteiger partial charge on any atom is 0.246 e. The topological polar surface area (TPSA) is 75.4 Å². The number of hydrogen-bond donors (Lipinski definition) is 0. The Morgan fingerprint density at radius 3 is 2.56 bits per heavy atom. The van der Waals surface area contributed by atoms with Crippen molar-refractivity contribution in [3.63, 3.8) is 0 Å². The van der Waals surface area contributed by atoms with E-state index in [2.05, 4.69) is 15.1 Å². The van der Waals surface area contributed by atoms with Crippen molar-refractivity contribution in [2.24, 2.45) is 0 Å². The molecule has 1 amide bonds. The largest absolute Gasteiger partial charge is 0.337 e. The molecule has 0 spiro atoms. The van der Waals surface area contributed by atoms with E-state index in [0.29, 0.717) is 17.1 Å². The fourth-order valence-corrected chi connectivity index (χ4v) is 2.74. The number of nitrogens with zero attached hydrogens (tertiary/aromatic N) is 5. The first-order chi connectivity index (χ1) is 13.0. The Labute approximate surface area is 156 Å². The van der Waals surface area contributed by atoms with Crippen molar-refractivity contribution in [3.8, 4) is 11.5 Å². The lowest BCUT2D eigenvalue weighted by atomic mass is 10.0. The molecular formula is C19H20FN5O2. The SMILES string of the molecule is CN(Cc1nc(-c2ccccn2)no1)C(=O)[C@H](c1ccccc1F)N(C)C. The van der Waals surface area contributed by atoms with E-state index in [9.17, 15) is 9.18 Å². The quantitative estimate of drug-likeness (QED) is 0.665. The minimum atomic E-state index is -0.755. The van der Waals surface area contributed by atoms with Gasteiger partial charge < -0.3 is 9.42 Å². The van der Waals surface area contributed by atoms with Crippen LogP contribution in [0.15, 0.2) is 53.2 Å². The first kappa shape index (κ1) is 18.7. The third-order valence-corrected chi connectivity index (χ3v) is 4.06. The Morgan fingerprint density at radius 1 is 1.15 bits per heavy atom. The van der Waals surface area contributed by atoms with Gasteiger partial charge in [-0.2, -0.15) is 4.98 Å². The Kier molecular flexibility index (Phi) is 5.56. The second-order valence-electron chi connectivity index (χ2n) is 6.31. The molecule has 0 aliphatic carbocycles. The molecular weight excluding hydrogens is 349 g/mol. The van der Waals surface area contributed by atoms with Gasteiger partial charge in [-0.25, -0.2) is 4.39 Å². The Morgan fingerprint density at radius 2 is 1.89 bits per heavy atom. The van der Waals surface area contributed by atoms with Gasteiger partial charge in [0.2, 0.25) is 17.6 Å². The van der Waals surface area contributed by atoms with Crippen LogP contribution in [0.4, 0.5) is 4.39 Å². The number of hydrogen-bond acceptors (Lipinski definition) is 6. The minimum Gasteiger partial charge on any atom is -0.337 e. The number of aromatic nitrogens is 3. The summed E-state index contributed by atoms with van der Waals surface area (Å²) in [6.07, 6.45) is 1.64. The molecule has 140 valence electrons. The number of pyridine rings is 1. The van der Waals surface area contributed by atoms with E-state index in [1.807, 2.05) is 6.07 Å². The second kappa shape index (κ2) is 8.05. The van der Waals surface area contributed by atoms with Gasteiger partial charge in [0.15, 0.2) is 0 Å². The lowest BCUT2D eigenvalue weighted by molar-refractivity contribution is -0.136. The van der Waals surface area contributed by atoms with Crippen LogP contribution in [-0.2, 0) is 11.3 Å². The number of carbonyl (C=O) groups excluding carboxylic acids is 1. The summed E-state index contributed by atoms with van der Waals surface area (Å²) in [7, 11) is 5.08. The van der Waals surface area contributed by atoms with Gasteiger partial charge in [0.25, 0.3) is 0 Å². The molecule has 0 fully saturated rings. The predicted molar refractivity (Wildman–Crippen MR) is 96.8 cm³/mol. The van der Waals surface area contributed by atoms with E-state index in [0.717, 1.165) is 0 Å². The fraction of sp³-hybridized carbons (Fsp3) is 0.263. The third-order valence-electron chi connectivity index (χ3n) is 4.06. The maximum atomic E-state index is 14.2. The summed E-state index contributed by atoms with van der Waals surface area (Å²) in [5.74, 6) is -0.0712. The molecule has 0 saturated heterocycles. The van der Waals surface area contributed by atoms with Crippen LogP contribution in [0.3, 0.4) is 0 Å². The summed E-state index contributed by atoms with van der Waals surface area (Å²) >= 11 is 0. The summed E-state index contributed by atoms with van der Waals surface area (Å²) in [5, 5.41) is 3.89. The number of amides is 1. The molecule has 8 heteroatoms. The molecule has 3 rings (SSSR count). The minimum absolute atomic E-state index is 0.109. The fourth-order valence-electron chi connectivity index (χ4n) is 2.74. The number of likely N-dealkylation sites (N-methyl/N-ethyl adjacent to an activating group) is 2. The molecule has 0 aliphatic rings. The van der Waals surface area contributed by atoms with Crippen LogP contribution < -0.4 is 0 Å². The van der Waals surface area contributed by atoms with E-state index in [-0.39, 0.29) is 18.3 Å².